The summed E-state index contributed by atoms with van der Waals surface area (Å²) in [6, 6.07) is 17.0. The minimum absolute atomic E-state index is 0.0845. The third-order valence-corrected chi connectivity index (χ3v) is 6.57. The lowest BCUT2D eigenvalue weighted by Crippen LogP contribution is -2.49. The normalized spacial score (nSPS) is 12.7. The van der Waals surface area contributed by atoms with Crippen LogP contribution in [-0.2, 0) is 20.8 Å². The zero-order chi connectivity index (χ0) is 27.0. The Bertz CT molecular complexity index is 956. The van der Waals surface area contributed by atoms with E-state index in [0.717, 1.165) is 22.8 Å². The van der Waals surface area contributed by atoms with Crippen LogP contribution in [0.25, 0.3) is 0 Å². The Kier molecular flexibility index (Phi) is 13.8. The lowest BCUT2D eigenvalue weighted by atomic mass is 10.0. The number of nitrogens with zero attached hydrogens (tertiary/aromatic N) is 1. The molecule has 0 aliphatic carbocycles. The number of amides is 2. The van der Waals surface area contributed by atoms with Gasteiger partial charge in [0.2, 0.25) is 11.8 Å². The molecule has 0 aliphatic rings. The maximum Gasteiger partial charge on any atom is 0.222 e. The Hall–Kier alpha value is -2.88. The minimum atomic E-state index is -0.823. The molecule has 8 nitrogen and oxygen atoms in total. The average Bonchev–Trinajstić information content (AvgIpc) is 2.87. The molecular weight excluding hydrogens is 490 g/mol. The molecule has 3 N–H and O–H groups in total. The lowest BCUT2D eigenvalue weighted by molar-refractivity contribution is -0.124. The highest BCUT2D eigenvalue weighted by Crippen LogP contribution is 2.26. The van der Waals surface area contributed by atoms with Crippen molar-refractivity contribution < 1.29 is 24.2 Å². The van der Waals surface area contributed by atoms with Crippen molar-refractivity contribution in [1.82, 2.24) is 14.9 Å². The van der Waals surface area contributed by atoms with Gasteiger partial charge in [0.1, 0.15) is 12.0 Å². The fourth-order valence-corrected chi connectivity index (χ4v) is 4.86. The van der Waals surface area contributed by atoms with Crippen molar-refractivity contribution >= 4 is 30.0 Å². The van der Waals surface area contributed by atoms with Crippen LogP contribution in [0.2, 0.25) is 0 Å². The Labute approximate surface area is 224 Å². The van der Waals surface area contributed by atoms with Gasteiger partial charge in [-0.15, -0.1) is 0 Å². The summed E-state index contributed by atoms with van der Waals surface area (Å²) in [5.74, 6) is 0.642. The summed E-state index contributed by atoms with van der Waals surface area (Å²) < 4.78 is 7.37. The van der Waals surface area contributed by atoms with E-state index in [2.05, 4.69) is 28.8 Å². The molecule has 0 saturated heterocycles. The Morgan fingerprint density at radius 1 is 1.03 bits per heavy atom. The molecule has 2 amide bonds. The molecule has 9 heteroatoms. The summed E-state index contributed by atoms with van der Waals surface area (Å²) in [6.45, 7) is 5.54. The number of carbonyl (C=O) groups is 3. The summed E-state index contributed by atoms with van der Waals surface area (Å²) in [4.78, 5) is 35.8. The fourth-order valence-electron chi connectivity index (χ4n) is 3.70. The van der Waals surface area contributed by atoms with E-state index in [0.29, 0.717) is 25.2 Å². The first kappa shape index (κ1) is 30.3. The molecule has 2 aromatic carbocycles. The first-order valence-corrected chi connectivity index (χ1v) is 13.4. The summed E-state index contributed by atoms with van der Waals surface area (Å²) in [7, 11) is 1.63. The van der Waals surface area contributed by atoms with Crippen LogP contribution in [0.3, 0.4) is 0 Å². The fraction of sp³-hybridized carbons (Fsp3) is 0.464. The molecule has 2 aromatic rings. The van der Waals surface area contributed by atoms with Crippen LogP contribution in [0, 0.1) is 5.92 Å². The van der Waals surface area contributed by atoms with Gasteiger partial charge in [-0.2, -0.15) is 0 Å². The molecule has 0 heterocycles. The smallest absolute Gasteiger partial charge is 0.222 e. The number of aliphatic hydroxyl groups excluding tert-OH is 1. The van der Waals surface area contributed by atoms with Gasteiger partial charge in [0.25, 0.3) is 0 Å². The number of methoxy groups -OCH3 is 1. The minimum Gasteiger partial charge on any atom is -0.497 e. The second kappa shape index (κ2) is 16.8. The van der Waals surface area contributed by atoms with Gasteiger partial charge >= 0.3 is 0 Å². The second-order valence-electron chi connectivity index (χ2n) is 9.24. The van der Waals surface area contributed by atoms with E-state index in [1.165, 1.54) is 0 Å². The number of carbonyl (C=O) groups excluding carboxylic acids is 3. The number of nitrogens with one attached hydrogen (secondary N) is 2. The highest BCUT2D eigenvalue weighted by atomic mass is 32.2. The molecule has 0 aliphatic heterocycles. The zero-order valence-electron chi connectivity index (χ0n) is 21.9. The maximum absolute atomic E-state index is 12.7. The molecule has 0 saturated carbocycles. The van der Waals surface area contributed by atoms with Crippen molar-refractivity contribution in [3.63, 3.8) is 0 Å². The number of rotatable bonds is 17. The third kappa shape index (κ3) is 12.3. The standard InChI is InChI=1S/C28H39N3O5S/c1-21(2)19-31(37-24-13-11-23(36-3)12-14-24)20-26(33)25(18-22-8-5-4-6-9-22)30-28(35)15-16-29-27(34)10-7-17-32/h4-6,8-9,11-14,17,21,25-26,33H,7,10,15-16,18-20H2,1-3H3,(H,29,34)(H,30,35). The van der Waals surface area contributed by atoms with Crippen molar-refractivity contribution in [3.05, 3.63) is 60.2 Å². The van der Waals surface area contributed by atoms with Gasteiger partial charge in [-0.25, -0.2) is 4.31 Å². The first-order chi connectivity index (χ1) is 17.8. The van der Waals surface area contributed by atoms with E-state index in [-0.39, 0.29) is 37.6 Å². The maximum atomic E-state index is 12.7. The molecule has 37 heavy (non-hydrogen) atoms. The number of aldehydes is 1. The molecular formula is C28H39N3O5S. The van der Waals surface area contributed by atoms with Gasteiger partial charge in [0.05, 0.1) is 19.3 Å². The molecule has 0 bridgehead atoms. The van der Waals surface area contributed by atoms with Crippen molar-refractivity contribution in [2.45, 2.75) is 56.6 Å². The van der Waals surface area contributed by atoms with Gasteiger partial charge in [-0.05, 0) is 54.1 Å². The molecule has 0 aromatic heterocycles. The summed E-state index contributed by atoms with van der Waals surface area (Å²) >= 11 is 1.56. The van der Waals surface area contributed by atoms with Crippen LogP contribution in [0.15, 0.2) is 59.5 Å². The molecule has 2 atom stereocenters. The molecule has 0 radical (unpaired) electrons. The van der Waals surface area contributed by atoms with E-state index in [1.54, 1.807) is 19.1 Å². The van der Waals surface area contributed by atoms with Gasteiger partial charge < -0.3 is 25.3 Å². The predicted molar refractivity (Wildman–Crippen MR) is 146 cm³/mol. The largest absolute Gasteiger partial charge is 0.497 e. The second-order valence-corrected chi connectivity index (χ2v) is 10.4. The van der Waals surface area contributed by atoms with Crippen molar-refractivity contribution in [2.24, 2.45) is 5.92 Å². The van der Waals surface area contributed by atoms with Crippen LogP contribution >= 0.6 is 11.9 Å². The van der Waals surface area contributed by atoms with Crippen molar-refractivity contribution in [1.29, 1.82) is 0 Å². The quantitative estimate of drug-likeness (QED) is 0.213. The van der Waals surface area contributed by atoms with E-state index in [4.69, 9.17) is 4.74 Å². The predicted octanol–water partition coefficient (Wildman–Crippen LogP) is 3.23. The Balaban J connectivity index is 2.05. The van der Waals surface area contributed by atoms with Crippen LogP contribution in [0.1, 0.15) is 38.7 Å². The molecule has 0 spiro atoms. The van der Waals surface area contributed by atoms with Gasteiger partial charge in [0.15, 0.2) is 0 Å². The summed E-state index contributed by atoms with van der Waals surface area (Å²) in [5.41, 5.74) is 1.01. The van der Waals surface area contributed by atoms with Gasteiger partial charge in [-0.3, -0.25) is 9.59 Å². The van der Waals surface area contributed by atoms with E-state index in [1.807, 2.05) is 54.6 Å². The van der Waals surface area contributed by atoms with Crippen LogP contribution in [0.4, 0.5) is 0 Å². The average molecular weight is 530 g/mol. The number of aliphatic hydroxyl groups is 1. The lowest BCUT2D eigenvalue weighted by Gasteiger charge is -2.30. The zero-order valence-corrected chi connectivity index (χ0v) is 22.7. The topological polar surface area (TPSA) is 108 Å². The number of hydrogen-bond acceptors (Lipinski definition) is 7. The van der Waals surface area contributed by atoms with Crippen LogP contribution in [0.5, 0.6) is 5.75 Å². The summed E-state index contributed by atoms with van der Waals surface area (Å²) in [6.07, 6.45) is 0.694. The highest BCUT2D eigenvalue weighted by Gasteiger charge is 2.25. The third-order valence-electron chi connectivity index (χ3n) is 5.53. The Morgan fingerprint density at radius 3 is 2.35 bits per heavy atom. The first-order valence-electron chi connectivity index (χ1n) is 12.6. The number of benzene rings is 2. The van der Waals surface area contributed by atoms with E-state index < -0.39 is 12.1 Å². The number of hydrogen-bond donors (Lipinski definition) is 3. The van der Waals surface area contributed by atoms with E-state index in [9.17, 15) is 19.5 Å². The Morgan fingerprint density at radius 2 is 1.73 bits per heavy atom. The van der Waals surface area contributed by atoms with Crippen LogP contribution < -0.4 is 15.4 Å². The molecule has 2 unspecified atom stereocenters. The van der Waals surface area contributed by atoms with Gasteiger partial charge in [-0.1, -0.05) is 44.2 Å². The van der Waals surface area contributed by atoms with Crippen LogP contribution in [-0.4, -0.2) is 66.4 Å². The number of ether oxygens (including phenoxy) is 1. The van der Waals surface area contributed by atoms with E-state index >= 15 is 0 Å². The molecule has 0 fully saturated rings. The monoisotopic (exact) mass is 529 g/mol. The van der Waals surface area contributed by atoms with Crippen molar-refractivity contribution in [2.75, 3.05) is 26.7 Å². The SMILES string of the molecule is COc1ccc(SN(CC(C)C)CC(O)C(Cc2ccccc2)NC(=O)CCNC(=O)CCC=O)cc1. The summed E-state index contributed by atoms with van der Waals surface area (Å²) in [5, 5.41) is 16.9. The highest BCUT2D eigenvalue weighted by molar-refractivity contribution is 7.97. The molecule has 2 rings (SSSR count). The van der Waals surface area contributed by atoms with Gasteiger partial charge in [0, 0.05) is 43.8 Å². The molecule has 202 valence electrons. The van der Waals surface area contributed by atoms with Crippen molar-refractivity contribution in [3.8, 4) is 5.75 Å².